The predicted molar refractivity (Wildman–Crippen MR) is 75.9 cm³/mol. The molecule has 5 nitrogen and oxygen atoms in total. The predicted octanol–water partition coefficient (Wildman–Crippen LogP) is 3.03. The Balaban J connectivity index is 1.94. The van der Waals surface area contributed by atoms with Crippen LogP contribution in [0.4, 0.5) is 0 Å². The summed E-state index contributed by atoms with van der Waals surface area (Å²) in [5.41, 5.74) is 1.11. The monoisotopic (exact) mass is 271 g/mol. The van der Waals surface area contributed by atoms with E-state index in [1.165, 1.54) is 0 Å². The molecule has 0 atom stereocenters. The molecule has 0 aliphatic carbocycles. The first kappa shape index (κ1) is 12.7. The smallest absolute Gasteiger partial charge is 0.226 e. The molecule has 1 aromatic carbocycles. The van der Waals surface area contributed by atoms with Crippen molar-refractivity contribution >= 4 is 10.9 Å². The fraction of sp³-hybridized carbons (Fsp3) is 0.333. The Morgan fingerprint density at radius 3 is 2.90 bits per heavy atom. The zero-order chi connectivity index (χ0) is 13.9. The molecule has 0 radical (unpaired) electrons. The molecule has 0 N–H and O–H groups in total. The van der Waals surface area contributed by atoms with Gasteiger partial charge in [-0.25, -0.2) is 0 Å². The molecule has 0 aliphatic rings. The van der Waals surface area contributed by atoms with E-state index in [4.69, 9.17) is 9.26 Å². The first-order valence-electron chi connectivity index (χ1n) is 6.84. The van der Waals surface area contributed by atoms with E-state index in [-0.39, 0.29) is 0 Å². The summed E-state index contributed by atoms with van der Waals surface area (Å²) in [5, 5.41) is 5.09. The van der Waals surface area contributed by atoms with Crippen molar-refractivity contribution in [2.75, 3.05) is 6.61 Å². The molecule has 0 spiro atoms. The van der Waals surface area contributed by atoms with Crippen LogP contribution in [0.15, 0.2) is 35.0 Å². The van der Waals surface area contributed by atoms with Crippen molar-refractivity contribution < 1.29 is 9.26 Å². The fourth-order valence-corrected chi connectivity index (χ4v) is 2.26. The van der Waals surface area contributed by atoms with Gasteiger partial charge in [-0.2, -0.15) is 4.98 Å². The van der Waals surface area contributed by atoms with Gasteiger partial charge in [0.25, 0.3) is 0 Å². The zero-order valence-corrected chi connectivity index (χ0v) is 11.7. The van der Waals surface area contributed by atoms with Crippen molar-refractivity contribution in [1.82, 2.24) is 14.7 Å². The summed E-state index contributed by atoms with van der Waals surface area (Å²) in [6.45, 7) is 5.25. The second kappa shape index (κ2) is 5.36. The van der Waals surface area contributed by atoms with Crippen molar-refractivity contribution in [2.24, 2.45) is 0 Å². The Labute approximate surface area is 117 Å². The second-order valence-corrected chi connectivity index (χ2v) is 4.52. The van der Waals surface area contributed by atoms with E-state index in [2.05, 4.69) is 26.8 Å². The number of nitrogens with zero attached hydrogens (tertiary/aromatic N) is 3. The SMILES string of the molecule is CCOc1cccc2c1ccn2Cc1noc(CC)n1. The molecule has 3 rings (SSSR count). The van der Waals surface area contributed by atoms with E-state index >= 15 is 0 Å². The van der Waals surface area contributed by atoms with Gasteiger partial charge in [0.15, 0.2) is 5.82 Å². The molecule has 0 saturated carbocycles. The molecular formula is C15H17N3O2. The Morgan fingerprint density at radius 1 is 1.25 bits per heavy atom. The van der Waals surface area contributed by atoms with E-state index in [1.54, 1.807) is 0 Å². The number of aromatic nitrogens is 3. The maximum Gasteiger partial charge on any atom is 0.226 e. The van der Waals surface area contributed by atoms with Crippen LogP contribution in [0.1, 0.15) is 25.6 Å². The van der Waals surface area contributed by atoms with Crippen LogP contribution in [0.5, 0.6) is 5.75 Å². The van der Waals surface area contributed by atoms with E-state index in [1.807, 2.05) is 32.2 Å². The lowest BCUT2D eigenvalue weighted by molar-refractivity contribution is 0.344. The van der Waals surface area contributed by atoms with Crippen molar-refractivity contribution in [3.8, 4) is 5.75 Å². The average Bonchev–Trinajstić information content (AvgIpc) is 3.08. The Bertz CT molecular complexity index is 715. The number of rotatable bonds is 5. The van der Waals surface area contributed by atoms with Crippen LogP contribution >= 0.6 is 0 Å². The molecule has 104 valence electrons. The number of hydrogen-bond acceptors (Lipinski definition) is 4. The lowest BCUT2D eigenvalue weighted by Gasteiger charge is -2.06. The zero-order valence-electron chi connectivity index (χ0n) is 11.7. The third-order valence-corrected chi connectivity index (χ3v) is 3.20. The minimum absolute atomic E-state index is 0.600. The van der Waals surface area contributed by atoms with E-state index < -0.39 is 0 Å². The molecule has 0 saturated heterocycles. The minimum Gasteiger partial charge on any atom is -0.493 e. The average molecular weight is 271 g/mol. The normalized spacial score (nSPS) is 11.1. The second-order valence-electron chi connectivity index (χ2n) is 4.52. The Morgan fingerprint density at radius 2 is 2.15 bits per heavy atom. The molecule has 5 heteroatoms. The molecule has 2 aromatic heterocycles. The number of fused-ring (bicyclic) bond motifs is 1. The molecule has 0 fully saturated rings. The van der Waals surface area contributed by atoms with Crippen molar-refractivity contribution in [1.29, 1.82) is 0 Å². The van der Waals surface area contributed by atoms with Gasteiger partial charge in [0.05, 0.1) is 18.7 Å². The Hall–Kier alpha value is -2.30. The van der Waals surface area contributed by atoms with Crippen LogP contribution in [-0.2, 0) is 13.0 Å². The molecule has 0 unspecified atom stereocenters. The summed E-state index contributed by atoms with van der Waals surface area (Å²) in [5.74, 6) is 2.28. The summed E-state index contributed by atoms with van der Waals surface area (Å²) >= 11 is 0. The topological polar surface area (TPSA) is 53.1 Å². The van der Waals surface area contributed by atoms with Crippen molar-refractivity contribution in [3.63, 3.8) is 0 Å². The lowest BCUT2D eigenvalue weighted by atomic mass is 10.2. The molecule has 3 aromatic rings. The number of benzene rings is 1. The lowest BCUT2D eigenvalue weighted by Crippen LogP contribution is -2.00. The van der Waals surface area contributed by atoms with Gasteiger partial charge >= 0.3 is 0 Å². The highest BCUT2D eigenvalue weighted by Gasteiger charge is 2.09. The van der Waals surface area contributed by atoms with Crippen LogP contribution in [0.25, 0.3) is 10.9 Å². The highest BCUT2D eigenvalue weighted by atomic mass is 16.5. The summed E-state index contributed by atoms with van der Waals surface area (Å²) < 4.78 is 12.9. The first-order chi connectivity index (χ1) is 9.81. The minimum atomic E-state index is 0.600. The maximum absolute atomic E-state index is 5.64. The van der Waals surface area contributed by atoms with Crippen molar-refractivity contribution in [2.45, 2.75) is 26.8 Å². The third kappa shape index (κ3) is 2.27. The van der Waals surface area contributed by atoms with Crippen LogP contribution in [0.2, 0.25) is 0 Å². The molecular weight excluding hydrogens is 254 g/mol. The third-order valence-electron chi connectivity index (χ3n) is 3.20. The molecule has 0 aliphatic heterocycles. The van der Waals surface area contributed by atoms with Gasteiger partial charge in [-0.05, 0) is 25.1 Å². The van der Waals surface area contributed by atoms with E-state index in [0.29, 0.717) is 24.9 Å². The van der Waals surface area contributed by atoms with Gasteiger partial charge < -0.3 is 13.8 Å². The standard InChI is InChI=1S/C15H17N3O2/c1-3-15-16-14(17-20-15)10-18-9-8-11-12(18)6-5-7-13(11)19-4-2/h5-9H,3-4,10H2,1-2H3. The number of ether oxygens (including phenoxy) is 1. The summed E-state index contributed by atoms with van der Waals surface area (Å²) in [6, 6.07) is 8.11. The van der Waals surface area contributed by atoms with Crippen LogP contribution in [-0.4, -0.2) is 21.3 Å². The molecule has 2 heterocycles. The summed E-state index contributed by atoms with van der Waals surface area (Å²) in [4.78, 5) is 4.34. The summed E-state index contributed by atoms with van der Waals surface area (Å²) in [7, 11) is 0. The fourth-order valence-electron chi connectivity index (χ4n) is 2.26. The molecule has 0 amide bonds. The van der Waals surface area contributed by atoms with Gasteiger partial charge in [-0.15, -0.1) is 0 Å². The van der Waals surface area contributed by atoms with Crippen molar-refractivity contribution in [3.05, 3.63) is 42.2 Å². The van der Waals surface area contributed by atoms with Crippen LogP contribution in [0, 0.1) is 0 Å². The maximum atomic E-state index is 5.64. The van der Waals surface area contributed by atoms with Crippen LogP contribution < -0.4 is 4.74 Å². The highest BCUT2D eigenvalue weighted by molar-refractivity contribution is 5.86. The van der Waals surface area contributed by atoms with Gasteiger partial charge in [0.1, 0.15) is 5.75 Å². The van der Waals surface area contributed by atoms with Gasteiger partial charge in [0.2, 0.25) is 5.89 Å². The highest BCUT2D eigenvalue weighted by Crippen LogP contribution is 2.26. The van der Waals surface area contributed by atoms with Crippen LogP contribution in [0.3, 0.4) is 0 Å². The van der Waals surface area contributed by atoms with Gasteiger partial charge in [0, 0.05) is 18.0 Å². The number of hydrogen-bond donors (Lipinski definition) is 0. The molecule has 20 heavy (non-hydrogen) atoms. The van der Waals surface area contributed by atoms with Gasteiger partial charge in [-0.3, -0.25) is 0 Å². The van der Waals surface area contributed by atoms with Gasteiger partial charge in [-0.1, -0.05) is 18.1 Å². The largest absolute Gasteiger partial charge is 0.493 e. The molecule has 0 bridgehead atoms. The first-order valence-corrected chi connectivity index (χ1v) is 6.84. The summed E-state index contributed by atoms with van der Waals surface area (Å²) in [6.07, 6.45) is 2.78. The number of aryl methyl sites for hydroxylation is 1. The quantitative estimate of drug-likeness (QED) is 0.715. The van der Waals surface area contributed by atoms with E-state index in [9.17, 15) is 0 Å². The van der Waals surface area contributed by atoms with E-state index in [0.717, 1.165) is 23.1 Å². The Kier molecular flexibility index (Phi) is 3.41.